The lowest BCUT2D eigenvalue weighted by molar-refractivity contribution is 0.679. The maximum atomic E-state index is 5.53. The van der Waals surface area contributed by atoms with Crippen LogP contribution in [-0.4, -0.2) is 16.5 Å². The van der Waals surface area contributed by atoms with Crippen molar-refractivity contribution >= 4 is 0 Å². The second kappa shape index (κ2) is 4.71. The zero-order valence-corrected chi connectivity index (χ0v) is 9.37. The second-order valence-corrected chi connectivity index (χ2v) is 4.37. The average molecular weight is 205 g/mol. The molecule has 0 aliphatic heterocycles. The standard InChI is InChI=1S/C12H19N3/c1-9-8-11(10-4-2-3-5-10)15-12(14-9)6-7-13/h8,10H,2-7,13H2,1H3. The van der Waals surface area contributed by atoms with Crippen LogP contribution >= 0.6 is 0 Å². The van der Waals surface area contributed by atoms with E-state index in [0.29, 0.717) is 12.5 Å². The molecule has 2 N–H and O–H groups in total. The molecule has 0 atom stereocenters. The molecule has 0 bridgehead atoms. The summed E-state index contributed by atoms with van der Waals surface area (Å²) in [5.41, 5.74) is 7.85. The second-order valence-electron chi connectivity index (χ2n) is 4.37. The van der Waals surface area contributed by atoms with Crippen LogP contribution < -0.4 is 5.73 Å². The SMILES string of the molecule is Cc1cc(C2CCCC2)nc(CCN)n1. The van der Waals surface area contributed by atoms with Crippen LogP contribution in [-0.2, 0) is 6.42 Å². The Kier molecular flexibility index (Phi) is 3.31. The van der Waals surface area contributed by atoms with Gasteiger partial charge in [0, 0.05) is 23.7 Å². The van der Waals surface area contributed by atoms with Crippen molar-refractivity contribution in [2.24, 2.45) is 5.73 Å². The van der Waals surface area contributed by atoms with E-state index in [2.05, 4.69) is 16.0 Å². The van der Waals surface area contributed by atoms with Crippen LogP contribution in [0.15, 0.2) is 6.07 Å². The summed E-state index contributed by atoms with van der Waals surface area (Å²) in [5, 5.41) is 0. The van der Waals surface area contributed by atoms with E-state index in [1.807, 2.05) is 6.92 Å². The van der Waals surface area contributed by atoms with Crippen LogP contribution in [0.3, 0.4) is 0 Å². The number of aromatic nitrogens is 2. The van der Waals surface area contributed by atoms with E-state index < -0.39 is 0 Å². The fraction of sp³-hybridized carbons (Fsp3) is 0.667. The molecule has 0 spiro atoms. The summed E-state index contributed by atoms with van der Waals surface area (Å²) in [6.07, 6.45) is 6.07. The first-order valence-electron chi connectivity index (χ1n) is 5.84. The Bertz CT molecular complexity index is 330. The van der Waals surface area contributed by atoms with Gasteiger partial charge in [-0.3, -0.25) is 0 Å². The van der Waals surface area contributed by atoms with E-state index in [4.69, 9.17) is 5.73 Å². The van der Waals surface area contributed by atoms with Crippen molar-refractivity contribution in [1.29, 1.82) is 0 Å². The molecule has 2 rings (SSSR count). The number of hydrogen-bond acceptors (Lipinski definition) is 3. The quantitative estimate of drug-likeness (QED) is 0.820. The summed E-state index contributed by atoms with van der Waals surface area (Å²) in [5.74, 6) is 1.59. The lowest BCUT2D eigenvalue weighted by atomic mass is 10.0. The first kappa shape index (κ1) is 10.6. The van der Waals surface area contributed by atoms with Gasteiger partial charge in [0.05, 0.1) is 0 Å². The minimum atomic E-state index is 0.633. The molecule has 1 aromatic rings. The van der Waals surface area contributed by atoms with Gasteiger partial charge in [-0.05, 0) is 32.4 Å². The van der Waals surface area contributed by atoms with Crippen molar-refractivity contribution in [2.45, 2.75) is 44.9 Å². The topological polar surface area (TPSA) is 51.8 Å². The predicted molar refractivity (Wildman–Crippen MR) is 60.7 cm³/mol. The van der Waals surface area contributed by atoms with Gasteiger partial charge in [-0.15, -0.1) is 0 Å². The van der Waals surface area contributed by atoms with E-state index in [0.717, 1.165) is 17.9 Å². The summed E-state index contributed by atoms with van der Waals surface area (Å²) in [7, 11) is 0. The highest BCUT2D eigenvalue weighted by Crippen LogP contribution is 2.33. The lowest BCUT2D eigenvalue weighted by Crippen LogP contribution is -2.09. The zero-order valence-electron chi connectivity index (χ0n) is 9.37. The molecular weight excluding hydrogens is 186 g/mol. The first-order chi connectivity index (χ1) is 7.29. The number of hydrogen-bond donors (Lipinski definition) is 1. The Morgan fingerprint density at radius 3 is 2.73 bits per heavy atom. The molecule has 82 valence electrons. The van der Waals surface area contributed by atoms with Crippen molar-refractivity contribution in [3.63, 3.8) is 0 Å². The van der Waals surface area contributed by atoms with Crippen molar-refractivity contribution in [3.05, 3.63) is 23.3 Å². The molecule has 1 heterocycles. The third kappa shape index (κ3) is 2.53. The van der Waals surface area contributed by atoms with Crippen molar-refractivity contribution in [3.8, 4) is 0 Å². The number of rotatable bonds is 3. The number of nitrogens with zero attached hydrogens (tertiary/aromatic N) is 2. The molecule has 1 fully saturated rings. The van der Waals surface area contributed by atoms with Gasteiger partial charge in [-0.2, -0.15) is 0 Å². The van der Waals surface area contributed by atoms with Gasteiger partial charge in [0.15, 0.2) is 0 Å². The van der Waals surface area contributed by atoms with E-state index in [9.17, 15) is 0 Å². The average Bonchev–Trinajstić information content (AvgIpc) is 2.70. The molecule has 0 saturated heterocycles. The van der Waals surface area contributed by atoms with Crippen LogP contribution in [0.2, 0.25) is 0 Å². The molecular formula is C12H19N3. The van der Waals surface area contributed by atoms with E-state index in [-0.39, 0.29) is 0 Å². The predicted octanol–water partition coefficient (Wildman–Crippen LogP) is 1.94. The van der Waals surface area contributed by atoms with Crippen LogP contribution in [0.25, 0.3) is 0 Å². The lowest BCUT2D eigenvalue weighted by Gasteiger charge is -2.10. The molecule has 0 aromatic carbocycles. The summed E-state index contributed by atoms with van der Waals surface area (Å²) < 4.78 is 0. The Balaban J connectivity index is 2.22. The van der Waals surface area contributed by atoms with E-state index >= 15 is 0 Å². The largest absolute Gasteiger partial charge is 0.330 e. The summed E-state index contributed by atoms with van der Waals surface area (Å²) in [6, 6.07) is 2.13. The van der Waals surface area contributed by atoms with Crippen molar-refractivity contribution in [2.75, 3.05) is 6.54 Å². The zero-order chi connectivity index (χ0) is 10.7. The van der Waals surface area contributed by atoms with Gasteiger partial charge >= 0.3 is 0 Å². The van der Waals surface area contributed by atoms with Gasteiger partial charge in [-0.1, -0.05) is 12.8 Å². The normalized spacial score (nSPS) is 17.2. The van der Waals surface area contributed by atoms with Crippen molar-refractivity contribution < 1.29 is 0 Å². The van der Waals surface area contributed by atoms with Gasteiger partial charge in [0.1, 0.15) is 5.82 Å². The number of aryl methyl sites for hydroxylation is 1. The highest BCUT2D eigenvalue weighted by atomic mass is 14.9. The molecule has 0 amide bonds. The molecule has 1 aromatic heterocycles. The molecule has 3 nitrogen and oxygen atoms in total. The fourth-order valence-electron chi connectivity index (χ4n) is 2.33. The Hall–Kier alpha value is -0.960. The molecule has 15 heavy (non-hydrogen) atoms. The molecule has 1 aliphatic carbocycles. The molecule has 0 radical (unpaired) electrons. The van der Waals surface area contributed by atoms with E-state index in [1.165, 1.54) is 31.4 Å². The Morgan fingerprint density at radius 2 is 2.07 bits per heavy atom. The minimum Gasteiger partial charge on any atom is -0.330 e. The van der Waals surface area contributed by atoms with Gasteiger partial charge < -0.3 is 5.73 Å². The molecule has 1 saturated carbocycles. The van der Waals surface area contributed by atoms with Crippen LogP contribution in [0.4, 0.5) is 0 Å². The third-order valence-corrected chi connectivity index (χ3v) is 3.06. The van der Waals surface area contributed by atoms with Crippen LogP contribution in [0.1, 0.15) is 48.8 Å². The maximum Gasteiger partial charge on any atom is 0.130 e. The van der Waals surface area contributed by atoms with Gasteiger partial charge in [-0.25, -0.2) is 9.97 Å². The smallest absolute Gasteiger partial charge is 0.130 e. The minimum absolute atomic E-state index is 0.633. The van der Waals surface area contributed by atoms with E-state index in [1.54, 1.807) is 0 Å². The first-order valence-corrected chi connectivity index (χ1v) is 5.84. The monoisotopic (exact) mass is 205 g/mol. The van der Waals surface area contributed by atoms with Crippen molar-refractivity contribution in [1.82, 2.24) is 9.97 Å². The maximum absolute atomic E-state index is 5.53. The fourth-order valence-corrected chi connectivity index (χ4v) is 2.33. The van der Waals surface area contributed by atoms with Crippen LogP contribution in [0.5, 0.6) is 0 Å². The highest BCUT2D eigenvalue weighted by Gasteiger charge is 2.19. The molecule has 0 unspecified atom stereocenters. The van der Waals surface area contributed by atoms with Gasteiger partial charge in [0.2, 0.25) is 0 Å². The molecule has 1 aliphatic rings. The third-order valence-electron chi connectivity index (χ3n) is 3.06. The molecule has 3 heteroatoms. The summed E-state index contributed by atoms with van der Waals surface area (Å²) in [6.45, 7) is 2.67. The van der Waals surface area contributed by atoms with Crippen LogP contribution in [0, 0.1) is 6.92 Å². The summed E-state index contributed by atoms with van der Waals surface area (Å²) in [4.78, 5) is 9.02. The number of nitrogens with two attached hydrogens (primary N) is 1. The van der Waals surface area contributed by atoms with Gasteiger partial charge in [0.25, 0.3) is 0 Å². The Labute approximate surface area is 91.1 Å². The highest BCUT2D eigenvalue weighted by molar-refractivity contribution is 5.15. The Morgan fingerprint density at radius 1 is 1.33 bits per heavy atom. The summed E-state index contributed by atoms with van der Waals surface area (Å²) >= 11 is 0.